The lowest BCUT2D eigenvalue weighted by Crippen LogP contribution is -2.44. The van der Waals surface area contributed by atoms with E-state index in [1.165, 1.54) is 4.90 Å². The summed E-state index contributed by atoms with van der Waals surface area (Å²) in [5.74, 6) is -0.874. The number of carbonyl (C=O) groups is 1. The molecule has 1 amide bonds. The van der Waals surface area contributed by atoms with Crippen LogP contribution in [0.1, 0.15) is 6.42 Å². The third-order valence-electron chi connectivity index (χ3n) is 4.52. The molecule has 0 bridgehead atoms. The van der Waals surface area contributed by atoms with Crippen LogP contribution in [0.15, 0.2) is 18.3 Å². The van der Waals surface area contributed by atoms with Gasteiger partial charge in [-0.25, -0.2) is 4.98 Å². The Balaban J connectivity index is 1.66. The molecular formula is C15H21FN4O3S. The molecule has 3 heterocycles. The lowest BCUT2D eigenvalue weighted by molar-refractivity contribution is -0.117. The molecule has 24 heavy (non-hydrogen) atoms. The molecule has 3 rings (SSSR count). The van der Waals surface area contributed by atoms with Gasteiger partial charge in [-0.15, -0.1) is 3.89 Å². The predicted molar refractivity (Wildman–Crippen MR) is 89.3 cm³/mol. The second-order valence-electron chi connectivity index (χ2n) is 6.44. The highest BCUT2D eigenvalue weighted by Crippen LogP contribution is 2.26. The smallest absolute Gasteiger partial charge is 0.302 e. The first-order valence-electron chi connectivity index (χ1n) is 7.94. The van der Waals surface area contributed by atoms with Crippen molar-refractivity contribution in [1.82, 2.24) is 9.88 Å². The molecule has 0 radical (unpaired) electrons. The highest BCUT2D eigenvalue weighted by molar-refractivity contribution is 7.86. The van der Waals surface area contributed by atoms with Crippen LogP contribution in [-0.4, -0.2) is 69.7 Å². The summed E-state index contributed by atoms with van der Waals surface area (Å²) in [6.45, 7) is 4.02. The number of halogens is 1. The van der Waals surface area contributed by atoms with Crippen LogP contribution < -0.4 is 9.80 Å². The number of aromatic nitrogens is 1. The van der Waals surface area contributed by atoms with Crippen molar-refractivity contribution >= 4 is 27.6 Å². The van der Waals surface area contributed by atoms with Crippen molar-refractivity contribution in [3.63, 3.8) is 0 Å². The number of nitrogens with zero attached hydrogens (tertiary/aromatic N) is 4. The van der Waals surface area contributed by atoms with Gasteiger partial charge in [0.05, 0.1) is 17.6 Å². The molecule has 0 aromatic carbocycles. The first-order valence-corrected chi connectivity index (χ1v) is 9.49. The summed E-state index contributed by atoms with van der Waals surface area (Å²) in [5, 5.41) is 0. The van der Waals surface area contributed by atoms with Gasteiger partial charge in [0.25, 0.3) is 0 Å². The monoisotopic (exact) mass is 356 g/mol. The molecule has 2 fully saturated rings. The average molecular weight is 356 g/mol. The standard InChI is InChI=1S/C15H21FN4O3S/c1-18-4-6-19(7-5-18)13-2-3-14(17-9-13)20-10-12(8-15(20)21)11-24(16,22)23/h2-3,9,12H,4-8,10-11H2,1H3. The van der Waals surface area contributed by atoms with E-state index in [0.717, 1.165) is 31.9 Å². The maximum Gasteiger partial charge on any atom is 0.302 e. The normalized spacial score (nSPS) is 23.1. The maximum absolute atomic E-state index is 12.8. The Bertz CT molecular complexity index is 702. The van der Waals surface area contributed by atoms with Gasteiger partial charge in [0.15, 0.2) is 0 Å². The first-order chi connectivity index (χ1) is 11.3. The van der Waals surface area contributed by atoms with Crippen molar-refractivity contribution < 1.29 is 17.1 Å². The topological polar surface area (TPSA) is 73.8 Å². The second kappa shape index (κ2) is 6.64. The van der Waals surface area contributed by atoms with Gasteiger partial charge in [-0.2, -0.15) is 8.42 Å². The van der Waals surface area contributed by atoms with E-state index < -0.39 is 21.9 Å². The molecule has 0 saturated carbocycles. The quantitative estimate of drug-likeness (QED) is 0.731. The number of amides is 1. The molecule has 7 nitrogen and oxygen atoms in total. The summed E-state index contributed by atoms with van der Waals surface area (Å²) in [5.41, 5.74) is 1.00. The van der Waals surface area contributed by atoms with Gasteiger partial charge in [0, 0.05) is 45.1 Å². The average Bonchev–Trinajstić information content (AvgIpc) is 2.86. The summed E-state index contributed by atoms with van der Waals surface area (Å²) in [6.07, 6.45) is 1.76. The molecular weight excluding hydrogens is 335 g/mol. The van der Waals surface area contributed by atoms with Crippen LogP contribution in [0.2, 0.25) is 0 Å². The van der Waals surface area contributed by atoms with Crippen LogP contribution in [0.25, 0.3) is 0 Å². The van der Waals surface area contributed by atoms with Gasteiger partial charge in [-0.3, -0.25) is 9.69 Å². The van der Waals surface area contributed by atoms with E-state index in [9.17, 15) is 17.1 Å². The van der Waals surface area contributed by atoms with E-state index in [-0.39, 0.29) is 18.9 Å². The van der Waals surface area contributed by atoms with Crippen molar-refractivity contribution in [2.45, 2.75) is 6.42 Å². The fourth-order valence-corrected chi connectivity index (χ4v) is 3.97. The summed E-state index contributed by atoms with van der Waals surface area (Å²) in [4.78, 5) is 22.3. The lowest BCUT2D eigenvalue weighted by atomic mass is 10.1. The Labute approximate surface area is 141 Å². The number of carbonyl (C=O) groups excluding carboxylic acids is 1. The zero-order valence-corrected chi connectivity index (χ0v) is 14.4. The molecule has 0 N–H and O–H groups in total. The molecule has 1 aromatic heterocycles. The summed E-state index contributed by atoms with van der Waals surface area (Å²) >= 11 is 0. The number of likely N-dealkylation sites (N-methyl/N-ethyl adjacent to an activating group) is 1. The van der Waals surface area contributed by atoms with E-state index in [1.54, 1.807) is 12.3 Å². The summed E-state index contributed by atoms with van der Waals surface area (Å²) in [6, 6.07) is 3.68. The number of piperazine rings is 1. The zero-order chi connectivity index (χ0) is 17.3. The van der Waals surface area contributed by atoms with Crippen molar-refractivity contribution in [2.24, 2.45) is 5.92 Å². The highest BCUT2D eigenvalue weighted by Gasteiger charge is 2.34. The van der Waals surface area contributed by atoms with Crippen molar-refractivity contribution in [3.8, 4) is 0 Å². The van der Waals surface area contributed by atoms with Gasteiger partial charge in [0.1, 0.15) is 5.82 Å². The van der Waals surface area contributed by atoms with Crippen molar-refractivity contribution in [3.05, 3.63) is 18.3 Å². The molecule has 1 aromatic rings. The molecule has 2 saturated heterocycles. The molecule has 0 spiro atoms. The number of pyridine rings is 1. The molecule has 1 atom stereocenters. The molecule has 2 aliphatic rings. The van der Waals surface area contributed by atoms with Gasteiger partial charge >= 0.3 is 10.2 Å². The van der Waals surface area contributed by atoms with E-state index in [0.29, 0.717) is 5.82 Å². The van der Waals surface area contributed by atoms with E-state index in [1.807, 2.05) is 6.07 Å². The summed E-state index contributed by atoms with van der Waals surface area (Å²) in [7, 11) is -2.48. The second-order valence-corrected chi connectivity index (χ2v) is 7.86. The van der Waals surface area contributed by atoms with Crippen LogP contribution in [0.3, 0.4) is 0 Å². The Morgan fingerprint density at radius 2 is 1.96 bits per heavy atom. The van der Waals surface area contributed by atoms with Crippen LogP contribution >= 0.6 is 0 Å². The largest absolute Gasteiger partial charge is 0.368 e. The van der Waals surface area contributed by atoms with E-state index in [4.69, 9.17) is 0 Å². The molecule has 1 unspecified atom stereocenters. The van der Waals surface area contributed by atoms with Gasteiger partial charge < -0.3 is 9.80 Å². The minimum Gasteiger partial charge on any atom is -0.368 e. The predicted octanol–water partition coefficient (Wildman–Crippen LogP) is 0.486. The number of hydrogen-bond acceptors (Lipinski definition) is 6. The van der Waals surface area contributed by atoms with Crippen LogP contribution in [0.5, 0.6) is 0 Å². The zero-order valence-electron chi connectivity index (χ0n) is 13.6. The highest BCUT2D eigenvalue weighted by atomic mass is 32.3. The molecule has 9 heteroatoms. The number of rotatable bonds is 4. The number of anilines is 2. The minimum absolute atomic E-state index is 0.0328. The third-order valence-corrected chi connectivity index (χ3v) is 5.39. The van der Waals surface area contributed by atoms with Gasteiger partial charge in [-0.1, -0.05) is 0 Å². The lowest BCUT2D eigenvalue weighted by Gasteiger charge is -2.33. The minimum atomic E-state index is -4.57. The van der Waals surface area contributed by atoms with Crippen LogP contribution in [0, 0.1) is 5.92 Å². The fourth-order valence-electron chi connectivity index (χ4n) is 3.19. The Morgan fingerprint density at radius 3 is 2.54 bits per heavy atom. The maximum atomic E-state index is 12.8. The van der Waals surface area contributed by atoms with Crippen molar-refractivity contribution in [1.29, 1.82) is 0 Å². The number of hydrogen-bond donors (Lipinski definition) is 0. The van der Waals surface area contributed by atoms with Crippen LogP contribution in [-0.2, 0) is 15.0 Å². The van der Waals surface area contributed by atoms with Gasteiger partial charge in [0.2, 0.25) is 5.91 Å². The molecule has 0 aliphatic carbocycles. The summed E-state index contributed by atoms with van der Waals surface area (Å²) < 4.78 is 34.3. The Hall–Kier alpha value is -1.74. The van der Waals surface area contributed by atoms with Crippen molar-refractivity contribution in [2.75, 3.05) is 55.3 Å². The Morgan fingerprint density at radius 1 is 1.25 bits per heavy atom. The van der Waals surface area contributed by atoms with Crippen LogP contribution in [0.4, 0.5) is 15.4 Å². The Kier molecular flexibility index (Phi) is 4.73. The SMILES string of the molecule is CN1CCN(c2ccc(N3CC(CS(=O)(=O)F)CC3=O)nc2)CC1. The van der Waals surface area contributed by atoms with E-state index >= 15 is 0 Å². The third kappa shape index (κ3) is 4.02. The van der Waals surface area contributed by atoms with Gasteiger partial charge in [-0.05, 0) is 19.2 Å². The first kappa shape index (κ1) is 17.1. The molecule has 132 valence electrons. The molecule has 2 aliphatic heterocycles. The van der Waals surface area contributed by atoms with E-state index in [2.05, 4.69) is 21.8 Å². The fraction of sp³-hybridized carbons (Fsp3) is 0.600.